The number of carbonyl (C=O) groups is 3. The van der Waals surface area contributed by atoms with Crippen molar-refractivity contribution in [3.63, 3.8) is 0 Å². The molecule has 0 saturated carbocycles. The third-order valence-corrected chi connectivity index (χ3v) is 6.73. The molecule has 2 aromatic rings. The molecule has 7 heteroatoms. The Morgan fingerprint density at radius 1 is 0.971 bits per heavy atom. The van der Waals surface area contributed by atoms with Crippen LogP contribution in [0, 0.1) is 17.8 Å². The van der Waals surface area contributed by atoms with Gasteiger partial charge >= 0.3 is 12.1 Å². The van der Waals surface area contributed by atoms with E-state index in [1.54, 1.807) is 6.92 Å². The fraction of sp³-hybridized carbons (Fsp3) is 0.444. The molecule has 34 heavy (non-hydrogen) atoms. The van der Waals surface area contributed by atoms with Crippen LogP contribution in [0.1, 0.15) is 51.2 Å². The van der Waals surface area contributed by atoms with E-state index < -0.39 is 24.0 Å². The van der Waals surface area contributed by atoms with E-state index >= 15 is 0 Å². The third-order valence-electron chi connectivity index (χ3n) is 6.73. The summed E-state index contributed by atoms with van der Waals surface area (Å²) in [6.45, 7) is 7.65. The molecule has 1 aliphatic carbocycles. The summed E-state index contributed by atoms with van der Waals surface area (Å²) in [4.78, 5) is 36.9. The summed E-state index contributed by atoms with van der Waals surface area (Å²) < 4.78 is 5.55. The SMILES string of the molecule is CCC(C)C(NC(=O)C(CNC(=O)OCC1c2ccccc2-c2ccccc21)C(C)C)C(=O)O. The number of carboxylic acid groups (broad SMARTS) is 1. The lowest BCUT2D eigenvalue weighted by Crippen LogP contribution is -2.50. The Labute approximate surface area is 200 Å². The number of carboxylic acids is 1. The van der Waals surface area contributed by atoms with Gasteiger partial charge in [-0.25, -0.2) is 9.59 Å². The van der Waals surface area contributed by atoms with Gasteiger partial charge in [-0.1, -0.05) is 82.6 Å². The topological polar surface area (TPSA) is 105 Å². The molecule has 0 aromatic heterocycles. The van der Waals surface area contributed by atoms with Crippen LogP contribution < -0.4 is 10.6 Å². The number of nitrogens with one attached hydrogen (secondary N) is 2. The molecule has 2 amide bonds. The summed E-state index contributed by atoms with van der Waals surface area (Å²) >= 11 is 0. The molecule has 0 radical (unpaired) electrons. The van der Waals surface area contributed by atoms with Crippen LogP contribution in [0.15, 0.2) is 48.5 Å². The van der Waals surface area contributed by atoms with E-state index in [-0.39, 0.29) is 36.8 Å². The molecule has 3 N–H and O–H groups in total. The quantitative estimate of drug-likeness (QED) is 0.481. The summed E-state index contributed by atoms with van der Waals surface area (Å²) in [5.74, 6) is -2.37. The number of aliphatic carboxylic acids is 1. The maximum absolute atomic E-state index is 12.8. The lowest BCUT2D eigenvalue weighted by molar-refractivity contribution is -0.144. The van der Waals surface area contributed by atoms with Crippen LogP contribution >= 0.6 is 0 Å². The number of amides is 2. The minimum absolute atomic E-state index is 0.0470. The van der Waals surface area contributed by atoms with Gasteiger partial charge < -0.3 is 20.5 Å². The summed E-state index contributed by atoms with van der Waals surface area (Å²) in [5, 5.41) is 14.8. The number of ether oxygens (including phenoxy) is 1. The van der Waals surface area contributed by atoms with Crippen molar-refractivity contribution in [3.8, 4) is 11.1 Å². The predicted octanol–water partition coefficient (Wildman–Crippen LogP) is 4.41. The summed E-state index contributed by atoms with van der Waals surface area (Å²) in [6.07, 6.45) is 0.0266. The van der Waals surface area contributed by atoms with Gasteiger partial charge in [0.15, 0.2) is 0 Å². The first-order valence-electron chi connectivity index (χ1n) is 11.9. The summed E-state index contributed by atoms with van der Waals surface area (Å²) in [7, 11) is 0. The molecule has 0 heterocycles. The predicted molar refractivity (Wildman–Crippen MR) is 130 cm³/mol. The largest absolute Gasteiger partial charge is 0.480 e. The van der Waals surface area contributed by atoms with Crippen molar-refractivity contribution in [3.05, 3.63) is 59.7 Å². The minimum Gasteiger partial charge on any atom is -0.480 e. The third kappa shape index (κ3) is 5.58. The molecule has 0 aliphatic heterocycles. The number of benzene rings is 2. The highest BCUT2D eigenvalue weighted by molar-refractivity contribution is 5.86. The van der Waals surface area contributed by atoms with Gasteiger partial charge in [-0.15, -0.1) is 0 Å². The zero-order chi connectivity index (χ0) is 24.8. The van der Waals surface area contributed by atoms with E-state index in [1.165, 1.54) is 0 Å². The van der Waals surface area contributed by atoms with Gasteiger partial charge in [-0.05, 0) is 34.1 Å². The van der Waals surface area contributed by atoms with Gasteiger partial charge in [0.05, 0.1) is 5.92 Å². The summed E-state index contributed by atoms with van der Waals surface area (Å²) in [5.41, 5.74) is 4.55. The van der Waals surface area contributed by atoms with Crippen LogP contribution in [0.5, 0.6) is 0 Å². The van der Waals surface area contributed by atoms with E-state index in [0.717, 1.165) is 22.3 Å². The molecular weight excluding hydrogens is 432 g/mol. The van der Waals surface area contributed by atoms with E-state index in [0.29, 0.717) is 6.42 Å². The highest BCUT2D eigenvalue weighted by atomic mass is 16.5. The number of fused-ring (bicyclic) bond motifs is 3. The van der Waals surface area contributed by atoms with Crippen molar-refractivity contribution in [2.75, 3.05) is 13.2 Å². The first-order chi connectivity index (χ1) is 16.2. The molecule has 0 saturated heterocycles. The molecular formula is C27H34N2O5. The van der Waals surface area contributed by atoms with E-state index in [9.17, 15) is 19.5 Å². The van der Waals surface area contributed by atoms with E-state index in [1.807, 2.05) is 45.0 Å². The van der Waals surface area contributed by atoms with Crippen LogP contribution in [0.4, 0.5) is 4.79 Å². The average molecular weight is 467 g/mol. The molecule has 182 valence electrons. The van der Waals surface area contributed by atoms with Crippen molar-refractivity contribution in [1.29, 1.82) is 0 Å². The van der Waals surface area contributed by atoms with Gasteiger partial charge in [0.25, 0.3) is 0 Å². The van der Waals surface area contributed by atoms with Crippen molar-refractivity contribution in [2.24, 2.45) is 17.8 Å². The molecule has 7 nitrogen and oxygen atoms in total. The van der Waals surface area contributed by atoms with Gasteiger partial charge in [-0.3, -0.25) is 4.79 Å². The molecule has 3 unspecified atom stereocenters. The van der Waals surface area contributed by atoms with Crippen LogP contribution in [0.2, 0.25) is 0 Å². The highest BCUT2D eigenvalue weighted by Gasteiger charge is 2.31. The average Bonchev–Trinajstić information content (AvgIpc) is 3.14. The maximum atomic E-state index is 12.8. The summed E-state index contributed by atoms with van der Waals surface area (Å²) in [6, 6.07) is 15.2. The number of carbonyl (C=O) groups excluding carboxylic acids is 2. The second-order valence-electron chi connectivity index (χ2n) is 9.27. The van der Waals surface area contributed by atoms with Crippen LogP contribution in [0.3, 0.4) is 0 Å². The lowest BCUT2D eigenvalue weighted by Gasteiger charge is -2.25. The molecule has 0 bridgehead atoms. The Morgan fingerprint density at radius 3 is 2.03 bits per heavy atom. The van der Waals surface area contributed by atoms with Gasteiger partial charge in [0, 0.05) is 12.5 Å². The van der Waals surface area contributed by atoms with Crippen LogP contribution in [-0.4, -0.2) is 42.3 Å². The fourth-order valence-electron chi connectivity index (χ4n) is 4.42. The zero-order valence-electron chi connectivity index (χ0n) is 20.2. The number of rotatable bonds is 10. The first-order valence-corrected chi connectivity index (χ1v) is 11.9. The van der Waals surface area contributed by atoms with E-state index in [2.05, 4.69) is 34.9 Å². The second kappa shape index (κ2) is 11.2. The smallest absolute Gasteiger partial charge is 0.407 e. The Kier molecular flexibility index (Phi) is 8.31. The fourth-order valence-corrected chi connectivity index (χ4v) is 4.42. The van der Waals surface area contributed by atoms with E-state index in [4.69, 9.17) is 4.74 Å². The molecule has 2 aromatic carbocycles. The molecule has 0 spiro atoms. The Morgan fingerprint density at radius 2 is 1.53 bits per heavy atom. The number of hydrogen-bond donors (Lipinski definition) is 3. The van der Waals surface area contributed by atoms with Gasteiger partial charge in [-0.2, -0.15) is 0 Å². The zero-order valence-corrected chi connectivity index (χ0v) is 20.2. The highest BCUT2D eigenvalue weighted by Crippen LogP contribution is 2.44. The minimum atomic E-state index is -1.06. The Bertz CT molecular complexity index is 990. The molecule has 1 aliphatic rings. The molecule has 0 fully saturated rings. The van der Waals surface area contributed by atoms with Crippen LogP contribution in [0.25, 0.3) is 11.1 Å². The second-order valence-corrected chi connectivity index (χ2v) is 9.27. The van der Waals surface area contributed by atoms with Crippen LogP contribution in [-0.2, 0) is 14.3 Å². The first kappa shape index (κ1) is 25.3. The van der Waals surface area contributed by atoms with Crippen molar-refractivity contribution < 1.29 is 24.2 Å². The van der Waals surface area contributed by atoms with Crippen molar-refractivity contribution >= 4 is 18.0 Å². The van der Waals surface area contributed by atoms with Crippen molar-refractivity contribution in [1.82, 2.24) is 10.6 Å². The Balaban J connectivity index is 1.59. The molecule has 3 atom stereocenters. The standard InChI is InChI=1S/C27H34N2O5/c1-5-17(4)24(26(31)32)29-25(30)22(16(2)3)14-28-27(33)34-15-23-20-12-8-6-10-18(20)19-11-7-9-13-21(19)23/h6-13,16-17,22-24H,5,14-15H2,1-4H3,(H,28,33)(H,29,30)(H,31,32). The normalized spacial score (nSPS) is 15.1. The van der Waals surface area contributed by atoms with Crippen molar-refractivity contribution in [2.45, 2.75) is 46.1 Å². The maximum Gasteiger partial charge on any atom is 0.407 e. The van der Waals surface area contributed by atoms with Gasteiger partial charge in [0.2, 0.25) is 5.91 Å². The lowest BCUT2D eigenvalue weighted by atomic mass is 9.93. The number of hydrogen-bond acceptors (Lipinski definition) is 4. The monoisotopic (exact) mass is 466 g/mol. The molecule has 3 rings (SSSR count). The number of alkyl carbamates (subject to hydrolysis) is 1. The van der Waals surface area contributed by atoms with Gasteiger partial charge in [0.1, 0.15) is 12.6 Å². The Hall–Kier alpha value is -3.35.